The molecule has 1 aromatic rings. The van der Waals surface area contributed by atoms with Gasteiger partial charge in [-0.1, -0.05) is 6.42 Å². The van der Waals surface area contributed by atoms with Crippen LogP contribution in [0.5, 0.6) is 0 Å². The molecule has 1 amide bonds. The highest BCUT2D eigenvalue weighted by Gasteiger charge is 2.25. The molecule has 2 atom stereocenters. The second kappa shape index (κ2) is 8.15. The van der Waals surface area contributed by atoms with Crippen molar-refractivity contribution in [3.63, 3.8) is 0 Å². The van der Waals surface area contributed by atoms with E-state index in [2.05, 4.69) is 15.5 Å². The number of nitrogens with zero attached hydrogens (tertiary/aromatic N) is 1. The lowest BCUT2D eigenvalue weighted by Gasteiger charge is -2.34. The van der Waals surface area contributed by atoms with Gasteiger partial charge in [0.05, 0.1) is 18.2 Å². The summed E-state index contributed by atoms with van der Waals surface area (Å²) in [5, 5.41) is 16.0. The largest absolute Gasteiger partial charge is 0.393 e. The van der Waals surface area contributed by atoms with Crippen LogP contribution in [0.2, 0.25) is 0 Å². The summed E-state index contributed by atoms with van der Waals surface area (Å²) in [5.74, 6) is -0.316. The number of carbonyl (C=O) groups is 1. The van der Waals surface area contributed by atoms with Gasteiger partial charge >= 0.3 is 0 Å². The second-order valence-corrected chi connectivity index (χ2v) is 7.15. The standard InChI is InChI=1S/C19H28FN3O2/c1-13(22-19(25)17-4-2-3-9-21-17)16-12-14(20)5-6-18(16)23-10-7-15(24)8-11-23/h5-6,12-13,15,17,21,24H,2-4,7-11H2,1H3,(H,22,25)/t13-,17-/m0/s1. The van der Waals surface area contributed by atoms with Crippen molar-refractivity contribution < 1.29 is 14.3 Å². The first-order valence-corrected chi connectivity index (χ1v) is 9.31. The number of piperidine rings is 2. The SMILES string of the molecule is C[C@H](NC(=O)[C@@H]1CCCCN1)c1cc(F)ccc1N1CCC(O)CC1. The summed E-state index contributed by atoms with van der Waals surface area (Å²) in [7, 11) is 0. The van der Waals surface area contributed by atoms with Crippen LogP contribution in [0.15, 0.2) is 18.2 Å². The van der Waals surface area contributed by atoms with E-state index in [-0.39, 0.29) is 29.9 Å². The van der Waals surface area contributed by atoms with Crippen LogP contribution in [0.4, 0.5) is 10.1 Å². The van der Waals surface area contributed by atoms with Crippen LogP contribution >= 0.6 is 0 Å². The zero-order valence-corrected chi connectivity index (χ0v) is 14.8. The Hall–Kier alpha value is -1.66. The zero-order chi connectivity index (χ0) is 17.8. The maximum Gasteiger partial charge on any atom is 0.237 e. The van der Waals surface area contributed by atoms with Gasteiger partial charge in [0.25, 0.3) is 0 Å². The molecule has 2 saturated heterocycles. The summed E-state index contributed by atoms with van der Waals surface area (Å²) < 4.78 is 13.8. The van der Waals surface area contributed by atoms with Crippen LogP contribution in [-0.4, -0.2) is 42.8 Å². The zero-order valence-electron chi connectivity index (χ0n) is 14.8. The van der Waals surface area contributed by atoms with Crippen molar-refractivity contribution in [3.05, 3.63) is 29.6 Å². The first-order valence-electron chi connectivity index (χ1n) is 9.31. The average Bonchev–Trinajstić information content (AvgIpc) is 2.63. The Morgan fingerprint density at radius 1 is 1.32 bits per heavy atom. The van der Waals surface area contributed by atoms with E-state index in [4.69, 9.17) is 0 Å². The lowest BCUT2D eigenvalue weighted by molar-refractivity contribution is -0.124. The molecule has 3 N–H and O–H groups in total. The summed E-state index contributed by atoms with van der Waals surface area (Å²) in [5.41, 5.74) is 1.73. The molecule has 5 nitrogen and oxygen atoms in total. The minimum Gasteiger partial charge on any atom is -0.393 e. The van der Waals surface area contributed by atoms with Crippen LogP contribution in [0, 0.1) is 5.82 Å². The maximum atomic E-state index is 13.8. The molecule has 25 heavy (non-hydrogen) atoms. The van der Waals surface area contributed by atoms with Crippen molar-refractivity contribution >= 4 is 11.6 Å². The van der Waals surface area contributed by atoms with Crippen LogP contribution in [0.25, 0.3) is 0 Å². The third-order valence-corrected chi connectivity index (χ3v) is 5.25. The molecule has 138 valence electrons. The van der Waals surface area contributed by atoms with E-state index in [1.807, 2.05) is 6.92 Å². The van der Waals surface area contributed by atoms with Gasteiger partial charge in [-0.3, -0.25) is 4.79 Å². The number of hydrogen-bond acceptors (Lipinski definition) is 4. The van der Waals surface area contributed by atoms with Crippen LogP contribution < -0.4 is 15.5 Å². The highest BCUT2D eigenvalue weighted by molar-refractivity contribution is 5.82. The number of hydrogen-bond donors (Lipinski definition) is 3. The quantitative estimate of drug-likeness (QED) is 0.779. The Morgan fingerprint density at radius 3 is 2.76 bits per heavy atom. The molecular formula is C19H28FN3O2. The van der Waals surface area contributed by atoms with Crippen molar-refractivity contribution in [1.29, 1.82) is 0 Å². The predicted octanol–water partition coefficient (Wildman–Crippen LogP) is 2.11. The molecule has 2 fully saturated rings. The fourth-order valence-electron chi connectivity index (χ4n) is 3.73. The minimum atomic E-state index is -0.298. The molecule has 0 radical (unpaired) electrons. The Labute approximate surface area is 148 Å². The van der Waals surface area contributed by atoms with Gasteiger partial charge in [0.2, 0.25) is 5.91 Å². The van der Waals surface area contributed by atoms with E-state index in [0.717, 1.165) is 50.1 Å². The predicted molar refractivity (Wildman–Crippen MR) is 96.1 cm³/mol. The van der Waals surface area contributed by atoms with E-state index < -0.39 is 0 Å². The normalized spacial score (nSPS) is 23.3. The van der Waals surface area contributed by atoms with Crippen molar-refractivity contribution in [2.24, 2.45) is 0 Å². The van der Waals surface area contributed by atoms with Gasteiger partial charge in [-0.2, -0.15) is 0 Å². The molecule has 2 heterocycles. The molecule has 3 rings (SSSR count). The topological polar surface area (TPSA) is 64.6 Å². The highest BCUT2D eigenvalue weighted by atomic mass is 19.1. The van der Waals surface area contributed by atoms with Crippen molar-refractivity contribution in [2.45, 2.75) is 57.2 Å². The fourth-order valence-corrected chi connectivity index (χ4v) is 3.73. The summed E-state index contributed by atoms with van der Waals surface area (Å²) in [4.78, 5) is 14.7. The minimum absolute atomic E-state index is 0.0172. The van der Waals surface area contributed by atoms with Gasteiger partial charge in [0.15, 0.2) is 0 Å². The first kappa shape index (κ1) is 18.1. The third-order valence-electron chi connectivity index (χ3n) is 5.25. The number of carbonyl (C=O) groups excluding carboxylic acids is 1. The van der Waals surface area contributed by atoms with Crippen molar-refractivity contribution in [2.75, 3.05) is 24.5 Å². The first-order chi connectivity index (χ1) is 12.0. The van der Waals surface area contributed by atoms with Crippen LogP contribution in [0.1, 0.15) is 50.6 Å². The van der Waals surface area contributed by atoms with Gasteiger partial charge in [-0.05, 0) is 57.4 Å². The van der Waals surface area contributed by atoms with Gasteiger partial charge in [0, 0.05) is 24.3 Å². The van der Waals surface area contributed by atoms with E-state index in [1.54, 1.807) is 6.07 Å². The number of rotatable bonds is 4. The number of anilines is 1. The second-order valence-electron chi connectivity index (χ2n) is 7.15. The molecule has 1 aromatic carbocycles. The van der Waals surface area contributed by atoms with Crippen LogP contribution in [0.3, 0.4) is 0 Å². The summed E-state index contributed by atoms with van der Waals surface area (Å²) in [6.07, 6.45) is 4.18. The summed E-state index contributed by atoms with van der Waals surface area (Å²) in [6, 6.07) is 4.33. The molecule has 0 aliphatic carbocycles. The van der Waals surface area contributed by atoms with E-state index in [0.29, 0.717) is 12.8 Å². The Balaban J connectivity index is 1.73. The maximum absolute atomic E-state index is 13.8. The lowest BCUT2D eigenvalue weighted by atomic mass is 10.00. The number of aliphatic hydroxyl groups excluding tert-OH is 1. The average molecular weight is 349 g/mol. The van der Waals surface area contributed by atoms with Crippen molar-refractivity contribution in [1.82, 2.24) is 10.6 Å². The molecule has 0 bridgehead atoms. The van der Waals surface area contributed by atoms with Gasteiger partial charge in [0.1, 0.15) is 5.82 Å². The number of aliphatic hydroxyl groups is 1. The van der Waals surface area contributed by atoms with Gasteiger partial charge in [-0.25, -0.2) is 4.39 Å². The van der Waals surface area contributed by atoms with Crippen LogP contribution in [-0.2, 0) is 4.79 Å². The molecule has 0 aromatic heterocycles. The molecule has 0 saturated carbocycles. The number of benzene rings is 1. The molecule has 2 aliphatic heterocycles. The molecule has 2 aliphatic rings. The Kier molecular flexibility index (Phi) is 5.91. The molecular weight excluding hydrogens is 321 g/mol. The number of amides is 1. The highest BCUT2D eigenvalue weighted by Crippen LogP contribution is 2.30. The lowest BCUT2D eigenvalue weighted by Crippen LogP contribution is -2.47. The van der Waals surface area contributed by atoms with Gasteiger partial charge in [-0.15, -0.1) is 0 Å². The summed E-state index contributed by atoms with van der Waals surface area (Å²) >= 11 is 0. The number of nitrogens with one attached hydrogen (secondary N) is 2. The summed E-state index contributed by atoms with van der Waals surface area (Å²) in [6.45, 7) is 4.25. The van der Waals surface area contributed by atoms with E-state index in [1.165, 1.54) is 12.1 Å². The number of halogens is 1. The Bertz CT molecular complexity index is 596. The van der Waals surface area contributed by atoms with E-state index >= 15 is 0 Å². The Morgan fingerprint density at radius 2 is 2.08 bits per heavy atom. The fraction of sp³-hybridized carbons (Fsp3) is 0.632. The van der Waals surface area contributed by atoms with Gasteiger partial charge < -0.3 is 20.6 Å². The molecule has 6 heteroatoms. The van der Waals surface area contributed by atoms with Crippen molar-refractivity contribution in [3.8, 4) is 0 Å². The molecule has 0 unspecified atom stereocenters. The van der Waals surface area contributed by atoms with E-state index in [9.17, 15) is 14.3 Å². The third kappa shape index (κ3) is 4.50. The molecule has 0 spiro atoms. The monoisotopic (exact) mass is 349 g/mol. The smallest absolute Gasteiger partial charge is 0.237 e.